The van der Waals surface area contributed by atoms with Crippen molar-refractivity contribution in [2.75, 3.05) is 6.54 Å². The highest BCUT2D eigenvalue weighted by molar-refractivity contribution is 5.20. The molecule has 0 bridgehead atoms. The van der Waals surface area contributed by atoms with Crippen molar-refractivity contribution in [1.82, 2.24) is 0 Å². The Balaban J connectivity index is 1.78. The molecule has 0 spiro atoms. The van der Waals surface area contributed by atoms with Crippen LogP contribution in [0.1, 0.15) is 75.4 Å². The fourth-order valence-corrected chi connectivity index (χ4v) is 3.76. The minimum Gasteiger partial charge on any atom is -0.463 e. The fraction of sp³-hybridized carbons (Fsp3) is 0.765. The maximum Gasteiger partial charge on any atom is 0.133 e. The molecule has 2 aliphatic carbocycles. The highest BCUT2D eigenvalue weighted by Crippen LogP contribution is 2.49. The first-order valence-electron chi connectivity index (χ1n) is 8.14. The second-order valence-corrected chi connectivity index (χ2v) is 6.94. The average molecular weight is 277 g/mol. The molecule has 3 unspecified atom stereocenters. The Hall–Kier alpha value is -0.800. The van der Waals surface area contributed by atoms with Gasteiger partial charge in [0, 0.05) is 17.9 Å². The molecule has 1 heterocycles. The van der Waals surface area contributed by atoms with Crippen LogP contribution in [0.3, 0.4) is 0 Å². The minimum absolute atomic E-state index is 0.180. The summed E-state index contributed by atoms with van der Waals surface area (Å²) in [7, 11) is 0. The van der Waals surface area contributed by atoms with Gasteiger partial charge in [0.05, 0.1) is 0 Å². The molecular formula is C17H27NO2. The first kappa shape index (κ1) is 14.2. The van der Waals surface area contributed by atoms with E-state index in [4.69, 9.17) is 10.2 Å². The van der Waals surface area contributed by atoms with E-state index in [0.717, 1.165) is 30.3 Å². The fourth-order valence-electron chi connectivity index (χ4n) is 3.76. The summed E-state index contributed by atoms with van der Waals surface area (Å²) >= 11 is 0. The molecule has 2 fully saturated rings. The Morgan fingerprint density at radius 3 is 2.50 bits per heavy atom. The van der Waals surface area contributed by atoms with Crippen LogP contribution >= 0.6 is 0 Å². The van der Waals surface area contributed by atoms with Crippen LogP contribution in [0.5, 0.6) is 0 Å². The van der Waals surface area contributed by atoms with Gasteiger partial charge in [-0.3, -0.25) is 0 Å². The van der Waals surface area contributed by atoms with Gasteiger partial charge in [-0.1, -0.05) is 32.6 Å². The third-order valence-electron chi connectivity index (χ3n) is 5.48. The van der Waals surface area contributed by atoms with Crippen LogP contribution in [0.15, 0.2) is 16.5 Å². The molecule has 3 heteroatoms. The number of furan rings is 1. The smallest absolute Gasteiger partial charge is 0.133 e. The Morgan fingerprint density at radius 1 is 1.30 bits per heavy atom. The normalized spacial score (nSPS) is 30.8. The topological polar surface area (TPSA) is 59.4 Å². The number of hydrogen-bond acceptors (Lipinski definition) is 3. The summed E-state index contributed by atoms with van der Waals surface area (Å²) < 4.78 is 5.96. The van der Waals surface area contributed by atoms with Crippen molar-refractivity contribution >= 4 is 0 Å². The zero-order chi connectivity index (χ0) is 14.2. The molecule has 3 rings (SSSR count). The molecule has 0 amide bonds. The Bertz CT molecular complexity index is 446. The molecule has 0 aromatic carbocycles. The largest absolute Gasteiger partial charge is 0.463 e. The number of aliphatic hydroxyl groups is 1. The van der Waals surface area contributed by atoms with Gasteiger partial charge < -0.3 is 15.3 Å². The van der Waals surface area contributed by atoms with Gasteiger partial charge in [0.2, 0.25) is 0 Å². The van der Waals surface area contributed by atoms with Crippen molar-refractivity contribution in [3.63, 3.8) is 0 Å². The number of aliphatic hydroxyl groups excluding tert-OH is 1. The van der Waals surface area contributed by atoms with Crippen molar-refractivity contribution in [2.45, 2.75) is 63.9 Å². The van der Waals surface area contributed by atoms with Gasteiger partial charge in [0.25, 0.3) is 0 Å². The van der Waals surface area contributed by atoms with Crippen LogP contribution < -0.4 is 5.73 Å². The number of hydrogen-bond donors (Lipinski definition) is 2. The molecule has 1 aromatic heterocycles. The molecular weight excluding hydrogens is 250 g/mol. The summed E-state index contributed by atoms with van der Waals surface area (Å²) in [6, 6.07) is 4.01. The third-order valence-corrected chi connectivity index (χ3v) is 5.48. The molecule has 0 radical (unpaired) electrons. The summed E-state index contributed by atoms with van der Waals surface area (Å²) in [6.45, 7) is 2.79. The van der Waals surface area contributed by atoms with Gasteiger partial charge in [-0.05, 0) is 37.3 Å². The SMILES string of the molecule is CC1CC1c1ccc(C(O)C2(CN)CCCCCC2)o1. The van der Waals surface area contributed by atoms with Gasteiger partial charge in [-0.25, -0.2) is 0 Å². The second-order valence-electron chi connectivity index (χ2n) is 6.94. The summed E-state index contributed by atoms with van der Waals surface area (Å²) in [5.74, 6) is 3.07. The van der Waals surface area contributed by atoms with E-state index in [2.05, 4.69) is 6.92 Å². The zero-order valence-electron chi connectivity index (χ0n) is 12.5. The predicted octanol–water partition coefficient (Wildman–Crippen LogP) is 3.74. The van der Waals surface area contributed by atoms with Gasteiger partial charge in [-0.15, -0.1) is 0 Å². The van der Waals surface area contributed by atoms with Crippen molar-refractivity contribution in [1.29, 1.82) is 0 Å². The third kappa shape index (κ3) is 2.53. The zero-order valence-corrected chi connectivity index (χ0v) is 12.5. The molecule has 20 heavy (non-hydrogen) atoms. The highest BCUT2D eigenvalue weighted by atomic mass is 16.4. The quantitative estimate of drug-likeness (QED) is 0.824. The lowest BCUT2D eigenvalue weighted by Crippen LogP contribution is -2.36. The molecule has 0 aliphatic heterocycles. The predicted molar refractivity (Wildman–Crippen MR) is 79.4 cm³/mol. The van der Waals surface area contributed by atoms with Gasteiger partial charge >= 0.3 is 0 Å². The maximum atomic E-state index is 10.8. The van der Waals surface area contributed by atoms with Crippen LogP contribution in [0.25, 0.3) is 0 Å². The van der Waals surface area contributed by atoms with E-state index in [-0.39, 0.29) is 5.41 Å². The van der Waals surface area contributed by atoms with E-state index in [9.17, 15) is 5.11 Å². The number of rotatable bonds is 4. The highest BCUT2D eigenvalue weighted by Gasteiger charge is 2.41. The molecule has 1 aromatic rings. The molecule has 2 saturated carbocycles. The van der Waals surface area contributed by atoms with E-state index < -0.39 is 6.10 Å². The van der Waals surface area contributed by atoms with Crippen molar-refractivity contribution in [3.8, 4) is 0 Å². The Morgan fingerprint density at radius 2 is 1.95 bits per heavy atom. The average Bonchev–Trinajstić information content (AvgIpc) is 3.08. The Kier molecular flexibility index (Phi) is 3.91. The molecule has 112 valence electrons. The summed E-state index contributed by atoms with van der Waals surface area (Å²) in [5.41, 5.74) is 5.87. The van der Waals surface area contributed by atoms with Gasteiger partial charge in [0.1, 0.15) is 17.6 Å². The van der Waals surface area contributed by atoms with Crippen LogP contribution in [-0.2, 0) is 0 Å². The first-order valence-corrected chi connectivity index (χ1v) is 8.14. The molecule has 2 aliphatic rings. The summed E-state index contributed by atoms with van der Waals surface area (Å²) in [6.07, 6.45) is 7.55. The minimum atomic E-state index is -0.548. The van der Waals surface area contributed by atoms with Crippen LogP contribution in [0.2, 0.25) is 0 Å². The molecule has 0 saturated heterocycles. The van der Waals surface area contributed by atoms with E-state index in [1.165, 1.54) is 32.1 Å². The van der Waals surface area contributed by atoms with Gasteiger partial charge in [-0.2, -0.15) is 0 Å². The standard InChI is InChI=1S/C17H27NO2/c1-12-10-13(12)14-6-7-15(20-14)16(19)17(11-18)8-4-2-3-5-9-17/h6-7,12-13,16,19H,2-5,8-11,18H2,1H3. The van der Waals surface area contributed by atoms with E-state index in [1.54, 1.807) is 0 Å². The molecule has 3 nitrogen and oxygen atoms in total. The Labute approximate surface area is 121 Å². The van der Waals surface area contributed by atoms with Crippen molar-refractivity contribution in [2.24, 2.45) is 17.1 Å². The molecule has 3 atom stereocenters. The monoisotopic (exact) mass is 277 g/mol. The summed E-state index contributed by atoms with van der Waals surface area (Å²) in [5, 5.41) is 10.8. The lowest BCUT2D eigenvalue weighted by molar-refractivity contribution is 0.000614. The molecule has 3 N–H and O–H groups in total. The van der Waals surface area contributed by atoms with Crippen molar-refractivity contribution in [3.05, 3.63) is 23.7 Å². The van der Waals surface area contributed by atoms with Gasteiger partial charge in [0.15, 0.2) is 0 Å². The number of nitrogens with two attached hydrogens (primary N) is 1. The summed E-state index contributed by atoms with van der Waals surface area (Å²) in [4.78, 5) is 0. The van der Waals surface area contributed by atoms with Crippen LogP contribution in [0, 0.1) is 11.3 Å². The van der Waals surface area contributed by atoms with E-state index in [1.807, 2.05) is 12.1 Å². The maximum absolute atomic E-state index is 10.8. The lowest BCUT2D eigenvalue weighted by Gasteiger charge is -2.35. The first-order chi connectivity index (χ1) is 9.66. The lowest BCUT2D eigenvalue weighted by atomic mass is 9.74. The van der Waals surface area contributed by atoms with Crippen LogP contribution in [-0.4, -0.2) is 11.7 Å². The van der Waals surface area contributed by atoms with E-state index >= 15 is 0 Å². The van der Waals surface area contributed by atoms with Crippen molar-refractivity contribution < 1.29 is 9.52 Å². The van der Waals surface area contributed by atoms with E-state index in [0.29, 0.717) is 12.5 Å². The second kappa shape index (κ2) is 5.53. The van der Waals surface area contributed by atoms with Crippen LogP contribution in [0.4, 0.5) is 0 Å².